The van der Waals surface area contributed by atoms with Crippen molar-refractivity contribution in [3.63, 3.8) is 0 Å². The Kier molecular flexibility index (Phi) is 3.55. The highest BCUT2D eigenvalue weighted by Gasteiger charge is 2.18. The Morgan fingerprint density at radius 1 is 1.37 bits per heavy atom. The van der Waals surface area contributed by atoms with Crippen LogP contribution in [0, 0.1) is 0 Å². The highest BCUT2D eigenvalue weighted by Crippen LogP contribution is 2.18. The number of rotatable bonds is 4. The summed E-state index contributed by atoms with van der Waals surface area (Å²) < 4.78 is 5.21. The number of hydrogen-bond donors (Lipinski definition) is 1. The summed E-state index contributed by atoms with van der Waals surface area (Å²) in [6.45, 7) is 1.71. The van der Waals surface area contributed by atoms with Gasteiger partial charge in [-0.3, -0.25) is 4.79 Å². The fourth-order valence-electron chi connectivity index (χ4n) is 1.85. The molecule has 5 heteroatoms. The Morgan fingerprint density at radius 3 is 2.79 bits per heavy atom. The van der Waals surface area contributed by atoms with Gasteiger partial charge in [-0.1, -0.05) is 0 Å². The van der Waals surface area contributed by atoms with Gasteiger partial charge in [-0.2, -0.15) is 0 Å². The topological polar surface area (TPSA) is 70.8 Å². The molecule has 2 rings (SSSR count). The zero-order chi connectivity index (χ0) is 14.0. The second-order valence-electron chi connectivity index (χ2n) is 4.54. The molecule has 0 bridgehead atoms. The van der Waals surface area contributed by atoms with Crippen LogP contribution in [0.15, 0.2) is 34.9 Å². The maximum atomic E-state index is 12.1. The fraction of sp³-hybridized carbons (Fsp3) is 0.286. The lowest BCUT2D eigenvalue weighted by Crippen LogP contribution is -2.35. The van der Waals surface area contributed by atoms with Crippen molar-refractivity contribution in [3.05, 3.63) is 36.1 Å². The highest BCUT2D eigenvalue weighted by molar-refractivity contribution is 5.99. The van der Waals surface area contributed by atoms with Crippen LogP contribution in [0.2, 0.25) is 0 Å². The number of nitrogens with zero attached hydrogens (tertiary/aromatic N) is 1. The molecule has 0 fully saturated rings. The van der Waals surface area contributed by atoms with Gasteiger partial charge in [0.25, 0.3) is 0 Å². The van der Waals surface area contributed by atoms with Crippen LogP contribution in [-0.2, 0) is 0 Å². The zero-order valence-corrected chi connectivity index (χ0v) is 10.8. The van der Waals surface area contributed by atoms with Crippen LogP contribution in [0.3, 0.4) is 0 Å². The maximum Gasteiger partial charge on any atom is 0.407 e. The van der Waals surface area contributed by atoms with E-state index in [4.69, 9.17) is 9.52 Å². The molecule has 0 saturated heterocycles. The Hall–Kier alpha value is -2.30. The molecule has 19 heavy (non-hydrogen) atoms. The predicted molar refractivity (Wildman–Crippen MR) is 70.4 cm³/mol. The van der Waals surface area contributed by atoms with E-state index in [9.17, 15) is 9.59 Å². The van der Waals surface area contributed by atoms with Crippen molar-refractivity contribution >= 4 is 22.8 Å². The smallest absolute Gasteiger partial charge is 0.407 e. The lowest BCUT2D eigenvalue weighted by atomic mass is 10.0. The molecule has 1 heterocycles. The molecular formula is C14H15NO4. The van der Waals surface area contributed by atoms with Gasteiger partial charge in [0, 0.05) is 30.5 Å². The second kappa shape index (κ2) is 5.14. The molecule has 100 valence electrons. The number of furan rings is 1. The van der Waals surface area contributed by atoms with E-state index in [-0.39, 0.29) is 18.2 Å². The normalized spacial score (nSPS) is 12.3. The number of hydrogen-bond acceptors (Lipinski definition) is 3. The van der Waals surface area contributed by atoms with Gasteiger partial charge in [-0.25, -0.2) is 4.79 Å². The van der Waals surface area contributed by atoms with E-state index in [0.717, 1.165) is 15.9 Å². The van der Waals surface area contributed by atoms with E-state index in [0.29, 0.717) is 5.56 Å². The SMILES string of the molecule is CC(CC(=O)c1ccc2occc2c1)N(C)C(=O)O. The number of Topliss-reactive ketones (excluding diaryl/α,β-unsaturated/α-hetero) is 1. The van der Waals surface area contributed by atoms with E-state index >= 15 is 0 Å². The molecule has 0 spiro atoms. The molecular weight excluding hydrogens is 246 g/mol. The van der Waals surface area contributed by atoms with Gasteiger partial charge in [-0.05, 0) is 31.2 Å². The summed E-state index contributed by atoms with van der Waals surface area (Å²) in [6.07, 6.45) is 0.692. The molecule has 0 aliphatic heterocycles. The zero-order valence-electron chi connectivity index (χ0n) is 10.8. The molecule has 0 radical (unpaired) electrons. The third-order valence-corrected chi connectivity index (χ3v) is 3.22. The van der Waals surface area contributed by atoms with Crippen LogP contribution in [0.1, 0.15) is 23.7 Å². The summed E-state index contributed by atoms with van der Waals surface area (Å²) in [5.74, 6) is -0.0799. The summed E-state index contributed by atoms with van der Waals surface area (Å²) in [5.41, 5.74) is 1.30. The van der Waals surface area contributed by atoms with Crippen LogP contribution < -0.4 is 0 Å². The van der Waals surface area contributed by atoms with Crippen molar-refractivity contribution < 1.29 is 19.1 Å². The number of carbonyl (C=O) groups is 2. The van der Waals surface area contributed by atoms with Gasteiger partial charge in [0.2, 0.25) is 0 Å². The first-order valence-electron chi connectivity index (χ1n) is 5.95. The van der Waals surface area contributed by atoms with Gasteiger partial charge < -0.3 is 14.4 Å². The minimum absolute atomic E-state index is 0.0799. The molecule has 1 unspecified atom stereocenters. The van der Waals surface area contributed by atoms with E-state index < -0.39 is 6.09 Å². The third kappa shape index (κ3) is 2.76. The highest BCUT2D eigenvalue weighted by atomic mass is 16.4. The summed E-state index contributed by atoms with van der Waals surface area (Å²) in [5, 5.41) is 9.72. The Labute approximate surface area is 110 Å². The molecule has 1 aromatic heterocycles. The van der Waals surface area contributed by atoms with Crippen molar-refractivity contribution in [1.29, 1.82) is 0 Å². The standard InChI is InChI=1S/C14H15NO4/c1-9(15(2)14(17)18)7-12(16)10-3-4-13-11(8-10)5-6-19-13/h3-6,8-9H,7H2,1-2H3,(H,17,18). The van der Waals surface area contributed by atoms with E-state index in [1.54, 1.807) is 37.5 Å². The predicted octanol–water partition coefficient (Wildman–Crippen LogP) is 3.00. The van der Waals surface area contributed by atoms with E-state index in [1.807, 2.05) is 0 Å². The lowest BCUT2D eigenvalue weighted by Gasteiger charge is -2.20. The lowest BCUT2D eigenvalue weighted by molar-refractivity contribution is 0.0934. The van der Waals surface area contributed by atoms with Gasteiger partial charge in [0.1, 0.15) is 5.58 Å². The average Bonchev–Trinajstić information content (AvgIpc) is 2.84. The van der Waals surface area contributed by atoms with E-state index in [2.05, 4.69) is 0 Å². The summed E-state index contributed by atoms with van der Waals surface area (Å²) in [4.78, 5) is 24.0. The molecule has 1 aromatic carbocycles. The maximum absolute atomic E-state index is 12.1. The summed E-state index contributed by atoms with van der Waals surface area (Å²) in [7, 11) is 1.46. The number of benzene rings is 1. The molecule has 1 amide bonds. The Morgan fingerprint density at radius 2 is 2.11 bits per heavy atom. The van der Waals surface area contributed by atoms with Crippen LogP contribution in [0.25, 0.3) is 11.0 Å². The van der Waals surface area contributed by atoms with Crippen molar-refractivity contribution in [1.82, 2.24) is 4.90 Å². The number of amides is 1. The summed E-state index contributed by atoms with van der Waals surface area (Å²) in [6, 6.07) is 6.63. The van der Waals surface area contributed by atoms with Crippen molar-refractivity contribution in [2.75, 3.05) is 7.05 Å². The van der Waals surface area contributed by atoms with Crippen LogP contribution in [-0.4, -0.2) is 35.0 Å². The van der Waals surface area contributed by atoms with Crippen molar-refractivity contribution in [2.24, 2.45) is 0 Å². The molecule has 0 saturated carbocycles. The largest absolute Gasteiger partial charge is 0.465 e. The van der Waals surface area contributed by atoms with Crippen molar-refractivity contribution in [3.8, 4) is 0 Å². The molecule has 5 nitrogen and oxygen atoms in total. The molecule has 1 N–H and O–H groups in total. The van der Waals surface area contributed by atoms with Gasteiger partial charge in [0.15, 0.2) is 5.78 Å². The second-order valence-corrected chi connectivity index (χ2v) is 4.54. The van der Waals surface area contributed by atoms with Crippen molar-refractivity contribution in [2.45, 2.75) is 19.4 Å². The number of carboxylic acid groups (broad SMARTS) is 1. The molecule has 2 aromatic rings. The fourth-order valence-corrected chi connectivity index (χ4v) is 1.85. The molecule has 0 aliphatic carbocycles. The average molecular weight is 261 g/mol. The van der Waals surface area contributed by atoms with Crippen LogP contribution in [0.4, 0.5) is 4.79 Å². The number of fused-ring (bicyclic) bond motifs is 1. The summed E-state index contributed by atoms with van der Waals surface area (Å²) >= 11 is 0. The van der Waals surface area contributed by atoms with Gasteiger partial charge in [0.05, 0.1) is 6.26 Å². The number of carbonyl (C=O) groups excluding carboxylic acids is 1. The Balaban J connectivity index is 2.13. The third-order valence-electron chi connectivity index (χ3n) is 3.22. The number of ketones is 1. The Bertz CT molecular complexity index is 617. The monoisotopic (exact) mass is 261 g/mol. The first-order valence-corrected chi connectivity index (χ1v) is 5.95. The minimum Gasteiger partial charge on any atom is -0.465 e. The van der Waals surface area contributed by atoms with E-state index in [1.165, 1.54) is 7.05 Å². The first kappa shape index (κ1) is 13.1. The first-order chi connectivity index (χ1) is 8.99. The molecule has 1 atom stereocenters. The van der Waals surface area contributed by atoms with Crippen LogP contribution in [0.5, 0.6) is 0 Å². The molecule has 0 aliphatic rings. The van der Waals surface area contributed by atoms with Crippen LogP contribution >= 0.6 is 0 Å². The minimum atomic E-state index is -1.04. The van der Waals surface area contributed by atoms with Gasteiger partial charge >= 0.3 is 6.09 Å². The van der Waals surface area contributed by atoms with Gasteiger partial charge in [-0.15, -0.1) is 0 Å². The quantitative estimate of drug-likeness (QED) is 0.859.